The fourth-order valence-electron chi connectivity index (χ4n) is 0.946. The molecule has 1 N–H and O–H groups in total. The van der Waals surface area contributed by atoms with Crippen molar-refractivity contribution < 1.29 is 9.53 Å². The van der Waals surface area contributed by atoms with Crippen molar-refractivity contribution in [1.29, 1.82) is 0 Å². The van der Waals surface area contributed by atoms with E-state index in [0.717, 1.165) is 6.42 Å². The molecule has 0 unspecified atom stereocenters. The third kappa shape index (κ3) is 3.98. The maximum Gasteiger partial charge on any atom is 0.308 e. The van der Waals surface area contributed by atoms with Gasteiger partial charge < -0.3 is 10.1 Å². The second-order valence-corrected chi connectivity index (χ2v) is 2.85. The summed E-state index contributed by atoms with van der Waals surface area (Å²) in [7, 11) is 3.30. The van der Waals surface area contributed by atoms with E-state index >= 15 is 0 Å². The molecule has 0 fully saturated rings. The van der Waals surface area contributed by atoms with Crippen LogP contribution in [0.1, 0.15) is 20.3 Å². The summed E-state index contributed by atoms with van der Waals surface area (Å²) in [6.07, 6.45) is 0.823. The van der Waals surface area contributed by atoms with Gasteiger partial charge in [0, 0.05) is 6.04 Å². The lowest BCUT2D eigenvalue weighted by atomic mass is 10.0. The van der Waals surface area contributed by atoms with Crippen LogP contribution in [0.4, 0.5) is 0 Å². The Kier molecular flexibility index (Phi) is 4.86. The first kappa shape index (κ1) is 10.4. The van der Waals surface area contributed by atoms with E-state index in [-0.39, 0.29) is 11.9 Å². The van der Waals surface area contributed by atoms with Crippen molar-refractivity contribution in [3.63, 3.8) is 0 Å². The summed E-state index contributed by atoms with van der Waals surface area (Å²) in [4.78, 5) is 10.9. The molecule has 0 spiro atoms. The lowest BCUT2D eigenvalue weighted by Crippen LogP contribution is -2.26. The predicted octanol–water partition coefficient (Wildman–Crippen LogP) is 0.793. The van der Waals surface area contributed by atoms with Crippen LogP contribution >= 0.6 is 0 Å². The van der Waals surface area contributed by atoms with Crippen molar-refractivity contribution in [3.05, 3.63) is 0 Å². The van der Waals surface area contributed by atoms with Gasteiger partial charge in [0.1, 0.15) is 0 Å². The van der Waals surface area contributed by atoms with Crippen LogP contribution in [0.2, 0.25) is 0 Å². The van der Waals surface area contributed by atoms with E-state index in [1.165, 1.54) is 7.11 Å². The Hall–Kier alpha value is -0.570. The van der Waals surface area contributed by atoms with E-state index < -0.39 is 0 Å². The average molecular weight is 159 g/mol. The lowest BCUT2D eigenvalue weighted by molar-refractivity contribution is -0.145. The lowest BCUT2D eigenvalue weighted by Gasteiger charge is -2.14. The Morgan fingerprint density at radius 1 is 1.55 bits per heavy atom. The SMILES string of the molecule is CN[C@@H](C)C[C@H](C)C(=O)OC. The summed E-state index contributed by atoms with van der Waals surface area (Å²) in [6.45, 7) is 3.92. The van der Waals surface area contributed by atoms with Gasteiger partial charge in [-0.15, -0.1) is 0 Å². The first-order chi connectivity index (χ1) is 5.11. The van der Waals surface area contributed by atoms with E-state index in [4.69, 9.17) is 0 Å². The van der Waals surface area contributed by atoms with Gasteiger partial charge in [-0.05, 0) is 20.4 Å². The van der Waals surface area contributed by atoms with E-state index in [0.29, 0.717) is 6.04 Å². The van der Waals surface area contributed by atoms with Crippen LogP contribution in [0.3, 0.4) is 0 Å². The highest BCUT2D eigenvalue weighted by atomic mass is 16.5. The van der Waals surface area contributed by atoms with Crippen molar-refractivity contribution in [2.45, 2.75) is 26.3 Å². The number of rotatable bonds is 4. The molecule has 0 aromatic heterocycles. The second kappa shape index (κ2) is 5.13. The fourth-order valence-corrected chi connectivity index (χ4v) is 0.946. The fraction of sp³-hybridized carbons (Fsp3) is 0.875. The number of carbonyl (C=O) groups excluding carboxylic acids is 1. The van der Waals surface area contributed by atoms with Crippen LogP contribution in [0, 0.1) is 5.92 Å². The Balaban J connectivity index is 3.67. The van der Waals surface area contributed by atoms with Crippen LogP contribution < -0.4 is 5.32 Å². The Morgan fingerprint density at radius 3 is 2.45 bits per heavy atom. The summed E-state index contributed by atoms with van der Waals surface area (Å²) in [5.74, 6) is -0.144. The van der Waals surface area contributed by atoms with E-state index in [1.807, 2.05) is 20.9 Å². The largest absolute Gasteiger partial charge is 0.469 e. The minimum absolute atomic E-state index is 0.0116. The number of methoxy groups -OCH3 is 1. The molecule has 2 atom stereocenters. The highest BCUT2D eigenvalue weighted by Crippen LogP contribution is 2.06. The van der Waals surface area contributed by atoms with Gasteiger partial charge >= 0.3 is 5.97 Å². The summed E-state index contributed by atoms with van der Waals surface area (Å²) >= 11 is 0. The number of nitrogens with one attached hydrogen (secondary N) is 1. The first-order valence-corrected chi connectivity index (χ1v) is 3.87. The number of hydrogen-bond donors (Lipinski definition) is 1. The number of carbonyl (C=O) groups is 1. The molecule has 11 heavy (non-hydrogen) atoms. The summed E-state index contributed by atoms with van der Waals surface area (Å²) in [5.41, 5.74) is 0. The molecule has 0 heterocycles. The predicted molar refractivity (Wildman–Crippen MR) is 44.3 cm³/mol. The van der Waals surface area contributed by atoms with Gasteiger partial charge in [0.25, 0.3) is 0 Å². The smallest absolute Gasteiger partial charge is 0.308 e. The topological polar surface area (TPSA) is 38.3 Å². The van der Waals surface area contributed by atoms with Gasteiger partial charge in [-0.3, -0.25) is 4.79 Å². The molecule has 0 bridgehead atoms. The maximum absolute atomic E-state index is 10.9. The normalized spacial score (nSPS) is 15.6. The van der Waals surface area contributed by atoms with E-state index in [2.05, 4.69) is 10.1 Å². The first-order valence-electron chi connectivity index (χ1n) is 3.87. The minimum Gasteiger partial charge on any atom is -0.469 e. The molecule has 0 aromatic rings. The molecule has 0 saturated heterocycles. The number of ether oxygens (including phenoxy) is 1. The zero-order valence-electron chi connectivity index (χ0n) is 7.68. The van der Waals surface area contributed by atoms with Crippen LogP contribution in [0.25, 0.3) is 0 Å². The summed E-state index contributed by atoms with van der Waals surface area (Å²) < 4.78 is 4.59. The monoisotopic (exact) mass is 159 g/mol. The molecule has 0 saturated carbocycles. The molecule has 0 amide bonds. The minimum atomic E-state index is -0.132. The number of esters is 1. The van der Waals surface area contributed by atoms with Crippen molar-refractivity contribution >= 4 is 5.97 Å². The standard InChI is InChI=1S/C8H17NO2/c1-6(8(10)11-4)5-7(2)9-3/h6-7,9H,5H2,1-4H3/t6-,7-/m0/s1. The van der Waals surface area contributed by atoms with Crippen LogP contribution in [-0.2, 0) is 9.53 Å². The zero-order chi connectivity index (χ0) is 8.85. The molecular formula is C8H17NO2. The molecule has 3 nitrogen and oxygen atoms in total. The molecule has 0 radical (unpaired) electrons. The molecule has 3 heteroatoms. The van der Waals surface area contributed by atoms with Crippen molar-refractivity contribution in [1.82, 2.24) is 5.32 Å². The zero-order valence-corrected chi connectivity index (χ0v) is 7.68. The quantitative estimate of drug-likeness (QED) is 0.616. The Morgan fingerprint density at radius 2 is 2.09 bits per heavy atom. The van der Waals surface area contributed by atoms with E-state index in [1.54, 1.807) is 0 Å². The molecule has 66 valence electrons. The summed E-state index contributed by atoms with van der Waals surface area (Å²) in [6, 6.07) is 0.365. The highest BCUT2D eigenvalue weighted by Gasteiger charge is 2.15. The summed E-state index contributed by atoms with van der Waals surface area (Å²) in [5, 5.41) is 3.07. The average Bonchev–Trinajstić information content (AvgIpc) is 2.02. The van der Waals surface area contributed by atoms with Crippen LogP contribution in [0.15, 0.2) is 0 Å². The molecule has 0 aliphatic rings. The molecule has 0 rings (SSSR count). The maximum atomic E-state index is 10.9. The third-order valence-corrected chi connectivity index (χ3v) is 1.80. The number of hydrogen-bond acceptors (Lipinski definition) is 3. The van der Waals surface area contributed by atoms with Gasteiger partial charge in [-0.25, -0.2) is 0 Å². The van der Waals surface area contributed by atoms with Gasteiger partial charge in [-0.1, -0.05) is 6.92 Å². The van der Waals surface area contributed by atoms with Gasteiger partial charge in [0.2, 0.25) is 0 Å². The Bertz CT molecular complexity index is 125. The van der Waals surface area contributed by atoms with Crippen molar-refractivity contribution in [2.75, 3.05) is 14.2 Å². The van der Waals surface area contributed by atoms with Crippen LogP contribution in [-0.4, -0.2) is 26.2 Å². The van der Waals surface area contributed by atoms with Crippen molar-refractivity contribution in [3.8, 4) is 0 Å². The van der Waals surface area contributed by atoms with Gasteiger partial charge in [0.15, 0.2) is 0 Å². The van der Waals surface area contributed by atoms with E-state index in [9.17, 15) is 4.79 Å². The van der Waals surface area contributed by atoms with Gasteiger partial charge in [-0.2, -0.15) is 0 Å². The third-order valence-electron chi connectivity index (χ3n) is 1.80. The molecule has 0 aliphatic heterocycles. The van der Waals surface area contributed by atoms with Crippen LogP contribution in [0.5, 0.6) is 0 Å². The van der Waals surface area contributed by atoms with Crippen molar-refractivity contribution in [2.24, 2.45) is 5.92 Å². The Labute approximate surface area is 68.1 Å². The molecular weight excluding hydrogens is 142 g/mol. The highest BCUT2D eigenvalue weighted by molar-refractivity contribution is 5.71. The molecule has 0 aliphatic carbocycles. The molecule has 0 aromatic carbocycles. The van der Waals surface area contributed by atoms with Gasteiger partial charge in [0.05, 0.1) is 13.0 Å². The second-order valence-electron chi connectivity index (χ2n) is 2.85.